The van der Waals surface area contributed by atoms with E-state index in [0.29, 0.717) is 12.4 Å². The van der Waals surface area contributed by atoms with Crippen molar-refractivity contribution in [3.05, 3.63) is 26.7 Å². The van der Waals surface area contributed by atoms with Crippen LogP contribution in [0.15, 0.2) is 9.59 Å². The van der Waals surface area contributed by atoms with Gasteiger partial charge in [0.2, 0.25) is 0 Å². The normalized spacial score (nSPS) is 10.7. The van der Waals surface area contributed by atoms with E-state index in [-0.39, 0.29) is 18.1 Å². The second kappa shape index (κ2) is 5.99. The first-order valence-electron chi connectivity index (χ1n) is 6.22. The van der Waals surface area contributed by atoms with E-state index in [9.17, 15) is 9.59 Å². The summed E-state index contributed by atoms with van der Waals surface area (Å²) in [6.45, 7) is 2.63. The summed E-state index contributed by atoms with van der Waals surface area (Å²) in [5.74, 6) is 0.491. The van der Waals surface area contributed by atoms with Crippen molar-refractivity contribution >= 4 is 11.5 Å². The molecule has 2 heterocycles. The molecule has 0 aliphatic rings. The topological polar surface area (TPSA) is 147 Å². The molecule has 20 heavy (non-hydrogen) atoms. The third kappa shape index (κ3) is 2.84. The molecule has 10 nitrogen and oxygen atoms in total. The van der Waals surface area contributed by atoms with Crippen molar-refractivity contribution < 1.29 is 0 Å². The van der Waals surface area contributed by atoms with Crippen molar-refractivity contribution in [3.8, 4) is 0 Å². The molecule has 0 aliphatic carbocycles. The van der Waals surface area contributed by atoms with Crippen molar-refractivity contribution in [1.82, 2.24) is 30.2 Å². The molecule has 0 aromatic carbocycles. The molecule has 0 spiro atoms. The van der Waals surface area contributed by atoms with E-state index < -0.39 is 11.2 Å². The number of anilines is 2. The number of hydrogen-bond donors (Lipinski definition) is 4. The summed E-state index contributed by atoms with van der Waals surface area (Å²) in [6.07, 6.45) is 1.71. The SMILES string of the molecule is CCCCn1c(N)c(NCc2nn[nH]n2)c(=O)[nH]c1=O. The van der Waals surface area contributed by atoms with E-state index >= 15 is 0 Å². The van der Waals surface area contributed by atoms with Crippen LogP contribution in [-0.2, 0) is 13.1 Å². The molecular formula is C10H16N8O2. The predicted octanol–water partition coefficient (Wildman–Crippen LogP) is -0.956. The van der Waals surface area contributed by atoms with Crippen molar-refractivity contribution in [2.24, 2.45) is 0 Å². The van der Waals surface area contributed by atoms with Gasteiger partial charge in [-0.1, -0.05) is 18.6 Å². The summed E-state index contributed by atoms with van der Waals surface area (Å²) in [6, 6.07) is 0. The quantitative estimate of drug-likeness (QED) is 0.533. The molecule has 2 aromatic rings. The lowest BCUT2D eigenvalue weighted by Crippen LogP contribution is -2.34. The summed E-state index contributed by atoms with van der Waals surface area (Å²) in [5, 5.41) is 16.0. The van der Waals surface area contributed by atoms with Crippen LogP contribution in [0.2, 0.25) is 0 Å². The van der Waals surface area contributed by atoms with Crippen molar-refractivity contribution in [1.29, 1.82) is 0 Å². The minimum absolute atomic E-state index is 0.107. The van der Waals surface area contributed by atoms with Crippen molar-refractivity contribution in [2.45, 2.75) is 32.9 Å². The number of aromatic nitrogens is 6. The molecule has 0 fully saturated rings. The van der Waals surface area contributed by atoms with Crippen LogP contribution in [-0.4, -0.2) is 30.2 Å². The Balaban J connectivity index is 2.27. The highest BCUT2D eigenvalue weighted by Crippen LogP contribution is 2.11. The number of hydrogen-bond acceptors (Lipinski definition) is 7. The first-order chi connectivity index (χ1) is 9.63. The minimum atomic E-state index is -0.566. The Hall–Kier alpha value is -2.65. The fraction of sp³-hybridized carbons (Fsp3) is 0.500. The number of nitrogens with zero attached hydrogens (tertiary/aromatic N) is 4. The number of rotatable bonds is 6. The van der Waals surface area contributed by atoms with E-state index in [4.69, 9.17) is 5.73 Å². The van der Waals surface area contributed by atoms with Gasteiger partial charge >= 0.3 is 5.69 Å². The molecular weight excluding hydrogens is 264 g/mol. The van der Waals surface area contributed by atoms with Crippen LogP contribution in [0.5, 0.6) is 0 Å². The van der Waals surface area contributed by atoms with Crippen molar-refractivity contribution in [3.63, 3.8) is 0 Å². The smallest absolute Gasteiger partial charge is 0.330 e. The average molecular weight is 280 g/mol. The monoisotopic (exact) mass is 280 g/mol. The molecule has 0 unspecified atom stereocenters. The molecule has 5 N–H and O–H groups in total. The van der Waals surface area contributed by atoms with E-state index in [0.717, 1.165) is 12.8 Å². The second-order valence-electron chi connectivity index (χ2n) is 4.21. The molecule has 108 valence electrons. The van der Waals surface area contributed by atoms with Gasteiger partial charge in [0.15, 0.2) is 5.82 Å². The zero-order valence-corrected chi connectivity index (χ0v) is 11.0. The summed E-state index contributed by atoms with van der Waals surface area (Å²) in [5.41, 5.74) is 4.94. The number of nitrogens with two attached hydrogens (primary N) is 1. The van der Waals surface area contributed by atoms with Gasteiger partial charge in [-0.15, -0.1) is 10.2 Å². The van der Waals surface area contributed by atoms with Crippen LogP contribution in [0.3, 0.4) is 0 Å². The molecule has 0 amide bonds. The van der Waals surface area contributed by atoms with Crippen LogP contribution < -0.4 is 22.3 Å². The average Bonchev–Trinajstić information content (AvgIpc) is 2.91. The van der Waals surface area contributed by atoms with E-state index in [2.05, 4.69) is 30.9 Å². The van der Waals surface area contributed by atoms with Gasteiger partial charge in [-0.3, -0.25) is 14.3 Å². The molecule has 2 aromatic heterocycles. The van der Waals surface area contributed by atoms with Gasteiger partial charge < -0.3 is 11.1 Å². The molecule has 0 saturated heterocycles. The Morgan fingerprint density at radius 1 is 1.40 bits per heavy atom. The van der Waals surface area contributed by atoms with Crippen LogP contribution in [0.1, 0.15) is 25.6 Å². The van der Waals surface area contributed by atoms with Gasteiger partial charge in [-0.2, -0.15) is 5.21 Å². The van der Waals surface area contributed by atoms with E-state index in [1.54, 1.807) is 0 Å². The lowest BCUT2D eigenvalue weighted by atomic mass is 10.3. The fourth-order valence-electron chi connectivity index (χ4n) is 1.72. The van der Waals surface area contributed by atoms with Gasteiger partial charge in [0.1, 0.15) is 11.5 Å². The fourth-order valence-corrected chi connectivity index (χ4v) is 1.72. The molecule has 0 radical (unpaired) electrons. The predicted molar refractivity (Wildman–Crippen MR) is 72.1 cm³/mol. The van der Waals surface area contributed by atoms with Crippen LogP contribution in [0, 0.1) is 0 Å². The molecule has 0 atom stereocenters. The number of H-pyrrole nitrogens is 2. The number of nitrogens with one attached hydrogen (secondary N) is 3. The van der Waals surface area contributed by atoms with Gasteiger partial charge in [0.05, 0.1) is 6.54 Å². The summed E-state index contributed by atoms with van der Waals surface area (Å²) < 4.78 is 1.34. The molecule has 10 heteroatoms. The Labute approximate surface area is 113 Å². The van der Waals surface area contributed by atoms with Gasteiger partial charge in [-0.05, 0) is 6.42 Å². The van der Waals surface area contributed by atoms with Crippen LogP contribution in [0.25, 0.3) is 0 Å². The summed E-state index contributed by atoms with van der Waals surface area (Å²) in [4.78, 5) is 25.7. The molecule has 0 aliphatic heterocycles. The number of unbranched alkanes of at least 4 members (excludes halogenated alkanes) is 1. The Morgan fingerprint density at radius 2 is 2.20 bits per heavy atom. The van der Waals surface area contributed by atoms with E-state index in [1.807, 2.05) is 6.92 Å². The van der Waals surface area contributed by atoms with Gasteiger partial charge in [0, 0.05) is 6.54 Å². The largest absolute Gasteiger partial charge is 0.383 e. The highest BCUT2D eigenvalue weighted by atomic mass is 16.2. The Kier molecular flexibility index (Phi) is 4.13. The molecule has 0 bridgehead atoms. The highest BCUT2D eigenvalue weighted by Gasteiger charge is 2.12. The first kappa shape index (κ1) is 13.8. The molecule has 0 saturated carbocycles. The minimum Gasteiger partial charge on any atom is -0.383 e. The van der Waals surface area contributed by atoms with Gasteiger partial charge in [0.25, 0.3) is 5.56 Å². The third-order valence-corrected chi connectivity index (χ3v) is 2.79. The second-order valence-corrected chi connectivity index (χ2v) is 4.21. The maximum Gasteiger partial charge on any atom is 0.330 e. The number of aromatic amines is 2. The lowest BCUT2D eigenvalue weighted by Gasteiger charge is -2.12. The first-order valence-corrected chi connectivity index (χ1v) is 6.22. The zero-order valence-electron chi connectivity index (χ0n) is 11.0. The Bertz CT molecular complexity index is 672. The third-order valence-electron chi connectivity index (χ3n) is 2.79. The lowest BCUT2D eigenvalue weighted by molar-refractivity contribution is 0.605. The Morgan fingerprint density at radius 3 is 2.85 bits per heavy atom. The maximum absolute atomic E-state index is 11.8. The maximum atomic E-state index is 11.8. The standard InChI is InChI=1S/C10H16N8O2/c1-2-3-4-18-8(11)7(9(19)13-10(18)20)12-5-6-14-16-17-15-6/h12H,2-5,11H2,1H3,(H,13,19,20)(H,14,15,16,17). The van der Waals surface area contributed by atoms with Crippen LogP contribution in [0.4, 0.5) is 11.5 Å². The summed E-state index contributed by atoms with van der Waals surface area (Å²) in [7, 11) is 0. The van der Waals surface area contributed by atoms with Gasteiger partial charge in [-0.25, -0.2) is 4.79 Å². The van der Waals surface area contributed by atoms with Crippen LogP contribution >= 0.6 is 0 Å². The van der Waals surface area contributed by atoms with Crippen molar-refractivity contribution in [2.75, 3.05) is 11.1 Å². The number of nitrogen functional groups attached to an aromatic ring is 1. The highest BCUT2D eigenvalue weighted by molar-refractivity contribution is 5.60. The molecule has 2 rings (SSSR count). The van der Waals surface area contributed by atoms with E-state index in [1.165, 1.54) is 4.57 Å². The zero-order chi connectivity index (χ0) is 14.5. The summed E-state index contributed by atoms with van der Waals surface area (Å²) >= 11 is 0. The number of tetrazole rings is 1.